The van der Waals surface area contributed by atoms with Crippen molar-refractivity contribution < 1.29 is 41.5 Å². The van der Waals surface area contributed by atoms with Crippen molar-refractivity contribution in [1.29, 1.82) is 0 Å². The SMILES string of the molecule is CC(F)(F)OCC(=O)[C@H](C[C@@H]1CCNC1=O)NC(=O)[C@H](CC1CC1)NC(=O)c1nnc(-c2ccc(F)cc2)o1. The van der Waals surface area contributed by atoms with Crippen LogP contribution in [0.4, 0.5) is 13.2 Å². The van der Waals surface area contributed by atoms with E-state index in [1.165, 1.54) is 24.3 Å². The van der Waals surface area contributed by atoms with Crippen LogP contribution in [0, 0.1) is 17.7 Å². The third kappa shape index (κ3) is 8.09. The lowest BCUT2D eigenvalue weighted by Crippen LogP contribution is -2.53. The Morgan fingerprint density at radius 3 is 2.44 bits per heavy atom. The second kappa shape index (κ2) is 11.9. The van der Waals surface area contributed by atoms with Crippen molar-refractivity contribution in [3.8, 4) is 11.5 Å². The quantitative estimate of drug-likeness (QED) is 0.342. The van der Waals surface area contributed by atoms with Crippen molar-refractivity contribution in [1.82, 2.24) is 26.1 Å². The number of benzene rings is 1. The van der Waals surface area contributed by atoms with Crippen LogP contribution >= 0.6 is 0 Å². The number of amides is 3. The minimum atomic E-state index is -3.56. The first-order valence-electron chi connectivity index (χ1n) is 12.5. The molecule has 2 heterocycles. The number of hydrogen-bond donors (Lipinski definition) is 3. The molecule has 1 saturated heterocycles. The minimum Gasteiger partial charge on any atom is -0.412 e. The van der Waals surface area contributed by atoms with Crippen LogP contribution in [0.15, 0.2) is 28.7 Å². The number of nitrogens with zero attached hydrogens (tertiary/aromatic N) is 2. The zero-order valence-electron chi connectivity index (χ0n) is 21.0. The number of rotatable bonds is 13. The Hall–Kier alpha value is -3.81. The fourth-order valence-electron chi connectivity index (χ4n) is 4.16. The van der Waals surface area contributed by atoms with E-state index in [-0.39, 0.29) is 30.6 Å². The van der Waals surface area contributed by atoms with Gasteiger partial charge in [-0.2, -0.15) is 8.78 Å². The number of alkyl halides is 2. The van der Waals surface area contributed by atoms with Crippen LogP contribution in [0.2, 0.25) is 0 Å². The van der Waals surface area contributed by atoms with Crippen LogP contribution < -0.4 is 16.0 Å². The molecular formula is C25H28F3N5O6. The second-order valence-electron chi connectivity index (χ2n) is 9.76. The summed E-state index contributed by atoms with van der Waals surface area (Å²) in [5, 5.41) is 15.2. The smallest absolute Gasteiger partial charge is 0.353 e. The number of Topliss-reactive ketones (excluding diaryl/α,β-unsaturated/α-hetero) is 1. The highest BCUT2D eigenvalue weighted by molar-refractivity contribution is 5.96. The molecule has 0 unspecified atom stereocenters. The van der Waals surface area contributed by atoms with Crippen LogP contribution in [0.5, 0.6) is 0 Å². The molecule has 3 amide bonds. The average Bonchev–Trinajstić information content (AvgIpc) is 3.39. The zero-order chi connectivity index (χ0) is 28.2. The fraction of sp³-hybridized carbons (Fsp3) is 0.520. The van der Waals surface area contributed by atoms with Crippen molar-refractivity contribution in [2.24, 2.45) is 11.8 Å². The summed E-state index contributed by atoms with van der Waals surface area (Å²) in [6.07, 6.45) is -1.31. The molecule has 1 aromatic heterocycles. The van der Waals surface area contributed by atoms with Crippen LogP contribution in [-0.4, -0.2) is 65.0 Å². The van der Waals surface area contributed by atoms with Crippen molar-refractivity contribution in [2.45, 2.75) is 57.2 Å². The van der Waals surface area contributed by atoms with E-state index in [1.54, 1.807) is 0 Å². The molecule has 2 fully saturated rings. The Labute approximate surface area is 221 Å². The molecule has 1 saturated carbocycles. The summed E-state index contributed by atoms with van der Waals surface area (Å²) in [5.74, 6) is -4.07. The number of nitrogens with one attached hydrogen (secondary N) is 3. The van der Waals surface area contributed by atoms with Crippen LogP contribution in [0.25, 0.3) is 11.5 Å². The van der Waals surface area contributed by atoms with Gasteiger partial charge in [-0.1, -0.05) is 12.8 Å². The lowest BCUT2D eigenvalue weighted by Gasteiger charge is -2.24. The Kier molecular flexibility index (Phi) is 8.63. The first kappa shape index (κ1) is 28.2. The topological polar surface area (TPSA) is 153 Å². The molecule has 1 aliphatic carbocycles. The van der Waals surface area contributed by atoms with Gasteiger partial charge in [-0.25, -0.2) is 4.39 Å². The highest BCUT2D eigenvalue weighted by atomic mass is 19.3. The van der Waals surface area contributed by atoms with Gasteiger partial charge in [0.25, 0.3) is 0 Å². The lowest BCUT2D eigenvalue weighted by molar-refractivity contribution is -0.223. The van der Waals surface area contributed by atoms with Crippen molar-refractivity contribution in [3.05, 3.63) is 36.0 Å². The minimum absolute atomic E-state index is 0.0310. The average molecular weight is 552 g/mol. The molecule has 2 aromatic rings. The van der Waals surface area contributed by atoms with Crippen molar-refractivity contribution in [2.75, 3.05) is 13.2 Å². The van der Waals surface area contributed by atoms with E-state index in [0.717, 1.165) is 12.8 Å². The van der Waals surface area contributed by atoms with E-state index < -0.39 is 60.0 Å². The van der Waals surface area contributed by atoms with E-state index >= 15 is 0 Å². The lowest BCUT2D eigenvalue weighted by atomic mass is 9.95. The predicted molar refractivity (Wildman–Crippen MR) is 128 cm³/mol. The van der Waals surface area contributed by atoms with Crippen LogP contribution in [-0.2, 0) is 19.1 Å². The third-order valence-corrected chi connectivity index (χ3v) is 6.45. The number of ether oxygens (including phenoxy) is 1. The van der Waals surface area contributed by atoms with Crippen LogP contribution in [0.1, 0.15) is 49.7 Å². The highest BCUT2D eigenvalue weighted by Gasteiger charge is 2.36. The van der Waals surface area contributed by atoms with E-state index in [2.05, 4.69) is 30.9 Å². The standard InChI is InChI=1S/C25H28F3N5O6/c1-25(27,28)38-12-19(34)17(11-15-8-9-29-20(15)35)30-21(36)18(10-13-2-3-13)31-22(37)24-33-32-23(39-24)14-4-6-16(26)7-5-14/h4-7,13,15,17-18H,2-3,8-12H2,1H3,(H,29,35)(H,30,36)(H,31,37)/t15-,17-,18-/m0/s1. The molecule has 2 aliphatic rings. The van der Waals surface area contributed by atoms with E-state index in [4.69, 9.17) is 4.42 Å². The summed E-state index contributed by atoms with van der Waals surface area (Å²) in [4.78, 5) is 50.9. The van der Waals surface area contributed by atoms with Gasteiger partial charge in [-0.15, -0.1) is 10.2 Å². The molecule has 0 spiro atoms. The van der Waals surface area contributed by atoms with Gasteiger partial charge in [0.15, 0.2) is 5.78 Å². The fourth-order valence-corrected chi connectivity index (χ4v) is 4.16. The monoisotopic (exact) mass is 551 g/mol. The summed E-state index contributed by atoms with van der Waals surface area (Å²) in [5.41, 5.74) is 0.382. The van der Waals surface area contributed by atoms with Gasteiger partial charge in [-0.3, -0.25) is 19.2 Å². The van der Waals surface area contributed by atoms with Gasteiger partial charge in [0.1, 0.15) is 18.5 Å². The molecule has 3 N–H and O–H groups in total. The number of aromatic nitrogens is 2. The number of carbonyl (C=O) groups is 4. The highest BCUT2D eigenvalue weighted by Crippen LogP contribution is 2.33. The van der Waals surface area contributed by atoms with Crippen molar-refractivity contribution >= 4 is 23.5 Å². The van der Waals surface area contributed by atoms with Gasteiger partial charge in [-0.05, 0) is 49.4 Å². The second-order valence-corrected chi connectivity index (χ2v) is 9.76. The van der Waals surface area contributed by atoms with Gasteiger partial charge >= 0.3 is 17.9 Å². The van der Waals surface area contributed by atoms with Crippen molar-refractivity contribution in [3.63, 3.8) is 0 Å². The van der Waals surface area contributed by atoms with E-state index in [9.17, 15) is 32.3 Å². The normalized spacial score (nSPS) is 18.8. The molecule has 3 atom stereocenters. The van der Waals surface area contributed by atoms with Gasteiger partial charge in [0.05, 0.1) is 6.04 Å². The molecule has 1 aromatic carbocycles. The van der Waals surface area contributed by atoms with Gasteiger partial charge in [0.2, 0.25) is 17.7 Å². The number of hydrogen-bond acceptors (Lipinski definition) is 8. The first-order chi connectivity index (χ1) is 18.5. The molecule has 14 heteroatoms. The maximum Gasteiger partial charge on any atom is 0.353 e. The summed E-state index contributed by atoms with van der Waals surface area (Å²) < 4.78 is 49.2. The van der Waals surface area contributed by atoms with Gasteiger partial charge < -0.3 is 25.1 Å². The molecule has 4 rings (SSSR count). The molecule has 0 bridgehead atoms. The molecule has 1 aliphatic heterocycles. The maximum absolute atomic E-state index is 13.2. The zero-order valence-corrected chi connectivity index (χ0v) is 21.0. The van der Waals surface area contributed by atoms with Gasteiger partial charge in [0, 0.05) is 24.9 Å². The summed E-state index contributed by atoms with van der Waals surface area (Å²) in [6.45, 7) is -0.0958. The molecular weight excluding hydrogens is 523 g/mol. The van der Waals surface area contributed by atoms with E-state index in [1.807, 2.05) is 0 Å². The Bertz CT molecular complexity index is 1210. The predicted octanol–water partition coefficient (Wildman–Crippen LogP) is 1.98. The molecule has 0 radical (unpaired) electrons. The number of ketones is 1. The van der Waals surface area contributed by atoms with E-state index in [0.29, 0.717) is 25.5 Å². The summed E-state index contributed by atoms with van der Waals surface area (Å²) in [6, 6.07) is 2.78. The summed E-state index contributed by atoms with van der Waals surface area (Å²) in [7, 11) is 0. The summed E-state index contributed by atoms with van der Waals surface area (Å²) >= 11 is 0. The Balaban J connectivity index is 1.45. The molecule has 39 heavy (non-hydrogen) atoms. The largest absolute Gasteiger partial charge is 0.412 e. The Morgan fingerprint density at radius 2 is 1.82 bits per heavy atom. The maximum atomic E-state index is 13.2. The first-order valence-corrected chi connectivity index (χ1v) is 12.5. The van der Waals surface area contributed by atoms with Crippen LogP contribution in [0.3, 0.4) is 0 Å². The Morgan fingerprint density at radius 1 is 1.10 bits per heavy atom. The molecule has 210 valence electrons. The number of halogens is 3. The number of carbonyl (C=O) groups excluding carboxylic acids is 4. The molecule has 11 nitrogen and oxygen atoms in total. The third-order valence-electron chi connectivity index (χ3n) is 6.45.